The molecule has 25 heavy (non-hydrogen) atoms. The van der Waals surface area contributed by atoms with Crippen molar-refractivity contribution in [3.63, 3.8) is 0 Å². The molecule has 0 atom stereocenters. The molecule has 0 saturated carbocycles. The van der Waals surface area contributed by atoms with Gasteiger partial charge in [-0.05, 0) is 49.0 Å². The highest BCUT2D eigenvalue weighted by atomic mass is 32.2. The molecule has 0 saturated heterocycles. The molecule has 0 bridgehead atoms. The molecule has 0 amide bonds. The number of hydrogen-bond donors (Lipinski definition) is 0. The molecule has 0 radical (unpaired) electrons. The van der Waals surface area contributed by atoms with Crippen molar-refractivity contribution in [1.82, 2.24) is 0 Å². The Morgan fingerprint density at radius 2 is 1.88 bits per heavy atom. The number of halogens is 4. The molecule has 0 N–H and O–H groups in total. The summed E-state index contributed by atoms with van der Waals surface area (Å²) in [5.41, 5.74) is -4.67. The molecular weight excluding hydrogens is 360 g/mol. The van der Waals surface area contributed by atoms with Crippen molar-refractivity contribution in [2.45, 2.75) is 39.1 Å². The predicted octanol–water partition coefficient (Wildman–Crippen LogP) is 5.20. The first-order chi connectivity index (χ1) is 11.3. The van der Waals surface area contributed by atoms with E-state index in [1.165, 1.54) is 6.08 Å². The van der Waals surface area contributed by atoms with E-state index < -0.39 is 27.2 Å². The molecule has 2 rings (SSSR count). The lowest BCUT2D eigenvalue weighted by molar-refractivity contribution is -0.0500. The van der Waals surface area contributed by atoms with Gasteiger partial charge in [-0.3, -0.25) is 0 Å². The first-order valence-electron chi connectivity index (χ1n) is 7.54. The zero-order valence-electron chi connectivity index (χ0n) is 13.9. The van der Waals surface area contributed by atoms with Gasteiger partial charge in [0.1, 0.15) is 5.82 Å². The highest BCUT2D eigenvalue weighted by Crippen LogP contribution is 2.42. The van der Waals surface area contributed by atoms with E-state index in [0.717, 1.165) is 42.2 Å². The predicted molar refractivity (Wildman–Crippen MR) is 86.8 cm³/mol. The van der Waals surface area contributed by atoms with E-state index in [0.29, 0.717) is 0 Å². The van der Waals surface area contributed by atoms with Crippen LogP contribution in [0.15, 0.2) is 35.4 Å². The van der Waals surface area contributed by atoms with Crippen LogP contribution in [-0.4, -0.2) is 13.9 Å². The molecule has 3 nitrogen and oxygen atoms in total. The molecule has 0 aliphatic heterocycles. The van der Waals surface area contributed by atoms with Crippen molar-refractivity contribution >= 4 is 16.2 Å². The van der Waals surface area contributed by atoms with Crippen molar-refractivity contribution < 1.29 is 30.2 Å². The van der Waals surface area contributed by atoms with Crippen LogP contribution in [0.4, 0.5) is 17.6 Å². The van der Waals surface area contributed by atoms with Gasteiger partial charge < -0.3 is 4.18 Å². The van der Waals surface area contributed by atoms with Gasteiger partial charge in [0.05, 0.1) is 5.56 Å². The maximum atomic E-state index is 14.2. The fourth-order valence-electron chi connectivity index (χ4n) is 2.78. The topological polar surface area (TPSA) is 43.4 Å². The van der Waals surface area contributed by atoms with Gasteiger partial charge >= 0.3 is 15.6 Å². The van der Waals surface area contributed by atoms with Crippen molar-refractivity contribution in [2.24, 2.45) is 5.41 Å². The van der Waals surface area contributed by atoms with Crippen LogP contribution in [-0.2, 0) is 10.1 Å². The SMILES string of the molecule is CC1=CCCC(C)(C)/C1=C/c1c(F)cccc1OS(=O)(=O)C(F)(F)F. The van der Waals surface area contributed by atoms with E-state index >= 15 is 0 Å². The molecule has 0 spiro atoms. The van der Waals surface area contributed by atoms with Crippen LogP contribution in [0.3, 0.4) is 0 Å². The summed E-state index contributed by atoms with van der Waals surface area (Å²) in [6, 6.07) is 3.12. The maximum absolute atomic E-state index is 14.2. The summed E-state index contributed by atoms with van der Waals surface area (Å²) < 4.78 is 78.6. The van der Waals surface area contributed by atoms with Gasteiger partial charge in [0, 0.05) is 0 Å². The van der Waals surface area contributed by atoms with Gasteiger partial charge in [0.15, 0.2) is 5.75 Å². The number of benzene rings is 1. The average Bonchev–Trinajstić information content (AvgIpc) is 2.43. The standard InChI is InChI=1S/C17H18F4O3S/c1-11-6-5-9-16(2,3)13(11)10-12-14(18)7-4-8-15(12)24-25(22,23)17(19,20)21/h4,6-8,10H,5,9H2,1-3H3/b13-10+. The lowest BCUT2D eigenvalue weighted by atomic mass is 9.72. The Hall–Kier alpha value is -1.83. The Kier molecular flexibility index (Phi) is 5.05. The number of alkyl halides is 3. The second-order valence-corrected chi connectivity index (χ2v) is 8.04. The van der Waals surface area contributed by atoms with Crippen molar-refractivity contribution in [1.29, 1.82) is 0 Å². The van der Waals surface area contributed by atoms with Crippen molar-refractivity contribution in [3.8, 4) is 5.75 Å². The van der Waals surface area contributed by atoms with Gasteiger partial charge in [-0.15, -0.1) is 0 Å². The molecule has 0 heterocycles. The quantitative estimate of drug-likeness (QED) is 0.412. The minimum Gasteiger partial charge on any atom is -0.375 e. The monoisotopic (exact) mass is 378 g/mol. The lowest BCUT2D eigenvalue weighted by Gasteiger charge is -2.32. The molecule has 138 valence electrons. The lowest BCUT2D eigenvalue weighted by Crippen LogP contribution is -2.28. The van der Waals surface area contributed by atoms with Crippen LogP contribution in [0.2, 0.25) is 0 Å². The molecular formula is C17H18F4O3S. The minimum atomic E-state index is -5.88. The van der Waals surface area contributed by atoms with Gasteiger partial charge in [-0.2, -0.15) is 21.6 Å². The van der Waals surface area contributed by atoms with Crippen LogP contribution in [0.25, 0.3) is 6.08 Å². The molecule has 0 fully saturated rings. The summed E-state index contributed by atoms with van der Waals surface area (Å²) in [6.07, 6.45) is 4.92. The Bertz CT molecular complexity index is 834. The largest absolute Gasteiger partial charge is 0.534 e. The summed E-state index contributed by atoms with van der Waals surface area (Å²) in [4.78, 5) is 0. The third kappa shape index (κ3) is 4.05. The summed E-state index contributed by atoms with van der Waals surface area (Å²) >= 11 is 0. The summed E-state index contributed by atoms with van der Waals surface area (Å²) in [6.45, 7) is 5.69. The number of hydrogen-bond acceptors (Lipinski definition) is 3. The second-order valence-electron chi connectivity index (χ2n) is 6.50. The second kappa shape index (κ2) is 6.48. The zero-order valence-corrected chi connectivity index (χ0v) is 14.8. The molecule has 8 heteroatoms. The minimum absolute atomic E-state index is 0.326. The van der Waals surface area contributed by atoms with Gasteiger partial charge in [-0.25, -0.2) is 4.39 Å². The number of rotatable bonds is 3. The molecule has 0 unspecified atom stereocenters. The Morgan fingerprint density at radius 3 is 2.44 bits per heavy atom. The van der Waals surface area contributed by atoms with E-state index in [1.54, 1.807) is 0 Å². The molecule has 1 aromatic rings. The fraction of sp³-hybridized carbons (Fsp3) is 0.412. The van der Waals surface area contributed by atoms with Crippen LogP contribution < -0.4 is 4.18 Å². The van der Waals surface area contributed by atoms with E-state index in [2.05, 4.69) is 4.18 Å². The number of allylic oxidation sites excluding steroid dienone is 3. The van der Waals surface area contributed by atoms with Crippen LogP contribution in [0.5, 0.6) is 5.75 Å². The van der Waals surface area contributed by atoms with E-state index in [-0.39, 0.29) is 11.0 Å². The third-order valence-electron chi connectivity index (χ3n) is 4.16. The summed E-state index contributed by atoms with van der Waals surface area (Å²) in [7, 11) is -5.88. The first-order valence-corrected chi connectivity index (χ1v) is 8.94. The van der Waals surface area contributed by atoms with Gasteiger partial charge in [0.25, 0.3) is 0 Å². The Balaban J connectivity index is 2.58. The van der Waals surface area contributed by atoms with Gasteiger partial charge in [0.2, 0.25) is 0 Å². The molecule has 1 aliphatic rings. The van der Waals surface area contributed by atoms with Crippen molar-refractivity contribution in [2.75, 3.05) is 0 Å². The molecule has 1 aromatic carbocycles. The highest BCUT2D eigenvalue weighted by Gasteiger charge is 2.48. The summed E-state index contributed by atoms with van der Waals surface area (Å²) in [5.74, 6) is -1.56. The Morgan fingerprint density at radius 1 is 1.24 bits per heavy atom. The zero-order chi connectivity index (χ0) is 19.0. The van der Waals surface area contributed by atoms with E-state index in [1.807, 2.05) is 26.8 Å². The van der Waals surface area contributed by atoms with E-state index in [4.69, 9.17) is 0 Å². The van der Waals surface area contributed by atoms with E-state index in [9.17, 15) is 26.0 Å². The molecule has 0 aromatic heterocycles. The maximum Gasteiger partial charge on any atom is 0.534 e. The van der Waals surface area contributed by atoms with Crippen LogP contribution in [0.1, 0.15) is 39.2 Å². The fourth-order valence-corrected chi connectivity index (χ4v) is 3.25. The van der Waals surface area contributed by atoms with Crippen LogP contribution >= 0.6 is 0 Å². The first kappa shape index (κ1) is 19.5. The Labute approximate surface area is 144 Å². The van der Waals surface area contributed by atoms with Gasteiger partial charge in [-0.1, -0.05) is 31.6 Å². The summed E-state index contributed by atoms with van der Waals surface area (Å²) in [5, 5.41) is 0. The normalized spacial score (nSPS) is 19.6. The average molecular weight is 378 g/mol. The van der Waals surface area contributed by atoms with Crippen LogP contribution in [0, 0.1) is 11.2 Å². The highest BCUT2D eigenvalue weighted by molar-refractivity contribution is 7.88. The smallest absolute Gasteiger partial charge is 0.375 e. The third-order valence-corrected chi connectivity index (χ3v) is 5.12. The molecule has 1 aliphatic carbocycles. The van der Waals surface area contributed by atoms with Crippen molar-refractivity contribution in [3.05, 3.63) is 46.8 Å².